The van der Waals surface area contributed by atoms with E-state index in [0.29, 0.717) is 0 Å². The van der Waals surface area contributed by atoms with Crippen molar-refractivity contribution in [2.24, 2.45) is 0 Å². The van der Waals surface area contributed by atoms with E-state index in [1.165, 1.54) is 96.4 Å². The monoisotopic (exact) mass is 935 g/mol. The Balaban J connectivity index is 0.000000495. The Morgan fingerprint density at radius 1 is 0.254 bits per heavy atom. The van der Waals surface area contributed by atoms with Gasteiger partial charge in [0.25, 0.3) is 0 Å². The molecule has 0 aliphatic rings. The van der Waals surface area contributed by atoms with Gasteiger partial charge in [0.2, 0.25) is 0 Å². The first kappa shape index (κ1) is 52.8. The van der Waals surface area contributed by atoms with Crippen molar-refractivity contribution in [1.82, 2.24) is 0 Å². The lowest BCUT2D eigenvalue weighted by Gasteiger charge is -2.44. The van der Waals surface area contributed by atoms with E-state index in [0.717, 1.165) is 0 Å². The number of unbranched alkanes of at least 4 members (excludes halogenated alkanes) is 13. The normalized spacial score (nSPS) is 11.7. The zero-order chi connectivity index (χ0) is 47.7. The molecule has 350 valence electrons. The Bertz CT molecular complexity index is 1850. The van der Waals surface area contributed by atoms with E-state index in [1.807, 2.05) is 0 Å². The molecule has 4 rings (SSSR count). The first-order valence-corrected chi connectivity index (χ1v) is 19.6. The van der Waals surface area contributed by atoms with E-state index >= 15 is 35.1 Å². The molecule has 0 fully saturated rings. The Labute approximate surface area is 347 Å². The smallest absolute Gasteiger partial charge is 0.200 e. The average molecular weight is 936 g/mol. The first-order valence-electron chi connectivity index (χ1n) is 19.6. The van der Waals surface area contributed by atoms with E-state index in [2.05, 4.69) is 19.3 Å². The molecule has 0 heterocycles. The molecule has 0 saturated heterocycles. The molecule has 63 heavy (non-hydrogen) atoms. The summed E-state index contributed by atoms with van der Waals surface area (Å²) in [5.74, 6) is -71.4. The van der Waals surface area contributed by atoms with Crippen molar-refractivity contribution in [2.45, 2.75) is 96.8 Å². The highest BCUT2D eigenvalue weighted by atomic mass is 19.2. The molecule has 1 nitrogen and oxygen atoms in total. The molecular weight excluding hydrogens is 897 g/mol. The van der Waals surface area contributed by atoms with Gasteiger partial charge in [-0.2, -0.15) is 0 Å². The number of quaternary nitrogens is 1. The lowest BCUT2D eigenvalue weighted by molar-refractivity contribution is -0.627. The van der Waals surface area contributed by atoms with Gasteiger partial charge in [0, 0.05) is 0 Å². The van der Waals surface area contributed by atoms with Crippen LogP contribution in [0.5, 0.6) is 0 Å². The molecule has 4 aromatic carbocycles. The topological polar surface area (TPSA) is 16.6 Å². The van der Waals surface area contributed by atoms with Crippen molar-refractivity contribution >= 4 is 28.0 Å². The van der Waals surface area contributed by atoms with Crippen LogP contribution in [-0.2, 0) is 0 Å². The lowest BCUT2D eigenvalue weighted by atomic mass is 9.12. The summed E-state index contributed by atoms with van der Waals surface area (Å²) < 4.78 is 294. The molecular formula is C41H38BF20N. The van der Waals surface area contributed by atoms with Crippen LogP contribution in [0.25, 0.3) is 0 Å². The Morgan fingerprint density at radius 2 is 0.413 bits per heavy atom. The van der Waals surface area contributed by atoms with Gasteiger partial charge < -0.3 is 5.32 Å². The summed E-state index contributed by atoms with van der Waals surface area (Å²) in [6, 6.07) is 0. The number of hydrogen-bond donors (Lipinski definition) is 1. The van der Waals surface area contributed by atoms with Crippen molar-refractivity contribution in [1.29, 1.82) is 0 Å². The summed E-state index contributed by atoms with van der Waals surface area (Å²) in [5.41, 5.74) is -14.3. The van der Waals surface area contributed by atoms with Crippen LogP contribution in [0.2, 0.25) is 0 Å². The van der Waals surface area contributed by atoms with Crippen LogP contribution >= 0.6 is 0 Å². The summed E-state index contributed by atoms with van der Waals surface area (Å²) >= 11 is 0. The van der Waals surface area contributed by atoms with E-state index in [9.17, 15) is 52.7 Å². The molecule has 0 bridgehead atoms. The summed E-state index contributed by atoms with van der Waals surface area (Å²) in [4.78, 5) is 0. The van der Waals surface area contributed by atoms with Crippen LogP contribution < -0.4 is 27.2 Å². The predicted molar refractivity (Wildman–Crippen MR) is 192 cm³/mol. The summed E-state index contributed by atoms with van der Waals surface area (Å²) in [5, 5.41) is 2.29. The zero-order valence-electron chi connectivity index (χ0n) is 33.3. The van der Waals surface area contributed by atoms with Crippen LogP contribution in [-0.4, -0.2) is 19.7 Å². The number of benzene rings is 4. The van der Waals surface area contributed by atoms with Gasteiger partial charge >= 0.3 is 0 Å². The average Bonchev–Trinajstić information content (AvgIpc) is 3.26. The van der Waals surface area contributed by atoms with Crippen molar-refractivity contribution < 1.29 is 93.1 Å². The second-order valence-corrected chi connectivity index (χ2v) is 14.6. The van der Waals surface area contributed by atoms with Crippen molar-refractivity contribution in [2.75, 3.05) is 13.6 Å². The van der Waals surface area contributed by atoms with Crippen molar-refractivity contribution in [3.63, 3.8) is 0 Å². The molecule has 0 aliphatic carbocycles. The van der Waals surface area contributed by atoms with Gasteiger partial charge in [0.15, 0.2) is 69.8 Å². The maximum Gasteiger partial charge on any atom is 0.200 e. The summed E-state index contributed by atoms with van der Waals surface area (Å²) in [7, 11) is 2.17. The van der Waals surface area contributed by atoms with E-state index in [4.69, 9.17) is 0 Å². The van der Waals surface area contributed by atoms with Gasteiger partial charge in [0.1, 0.15) is 52.7 Å². The maximum absolute atomic E-state index is 15.4. The fourth-order valence-corrected chi connectivity index (χ4v) is 7.42. The fourth-order valence-electron chi connectivity index (χ4n) is 7.42. The minimum absolute atomic E-state index is 1.32. The molecule has 0 unspecified atom stereocenters. The third-order valence-corrected chi connectivity index (χ3v) is 10.6. The van der Waals surface area contributed by atoms with Crippen molar-refractivity contribution in [3.05, 3.63) is 116 Å². The molecule has 0 aliphatic heterocycles. The minimum Gasteiger partial charge on any atom is -0.349 e. The van der Waals surface area contributed by atoms with Crippen LogP contribution in [0.4, 0.5) is 87.8 Å². The van der Waals surface area contributed by atoms with Gasteiger partial charge in [-0.25, -0.2) is 87.8 Å². The van der Waals surface area contributed by atoms with Crippen LogP contribution in [0.3, 0.4) is 0 Å². The largest absolute Gasteiger partial charge is 0.349 e. The SMILES string of the molecule is CCCCCCCCCCCCCCCC[NH2+]C.Fc1c(F)c(F)c([B-](c2c(F)c(F)c(F)c(F)c2F)(c2c(F)c(F)c(F)c(F)c2F)c2c(F)c(F)c(F)c(F)c2F)c(F)c1F. The molecule has 0 saturated carbocycles. The first-order chi connectivity index (χ1) is 29.6. The molecule has 4 aromatic rings. The van der Waals surface area contributed by atoms with Crippen LogP contribution in [0.1, 0.15) is 96.8 Å². The number of halogens is 20. The van der Waals surface area contributed by atoms with E-state index in [-0.39, 0.29) is 0 Å². The molecule has 0 amide bonds. The highest BCUT2D eigenvalue weighted by Crippen LogP contribution is 2.31. The molecule has 0 atom stereocenters. The van der Waals surface area contributed by atoms with Gasteiger partial charge in [-0.15, -0.1) is 21.9 Å². The third kappa shape index (κ3) is 10.4. The third-order valence-electron chi connectivity index (χ3n) is 10.6. The second-order valence-electron chi connectivity index (χ2n) is 14.6. The zero-order valence-corrected chi connectivity index (χ0v) is 33.3. The molecule has 22 heteroatoms. The highest BCUT2D eigenvalue weighted by Gasteiger charge is 2.52. The molecule has 0 radical (unpaired) electrons. The summed E-state index contributed by atoms with van der Waals surface area (Å²) in [6.45, 7) is 3.61. The maximum atomic E-state index is 15.4. The van der Waals surface area contributed by atoms with Crippen molar-refractivity contribution in [3.8, 4) is 0 Å². The predicted octanol–water partition coefficient (Wildman–Crippen LogP) is 10.5. The van der Waals surface area contributed by atoms with Gasteiger partial charge in [-0.1, -0.05) is 84.0 Å². The lowest BCUT2D eigenvalue weighted by Crippen LogP contribution is -2.81. The Hall–Kier alpha value is -4.50. The number of nitrogens with two attached hydrogens (primary N) is 1. The Kier molecular flexibility index (Phi) is 19.2. The quantitative estimate of drug-likeness (QED) is 0.0317. The van der Waals surface area contributed by atoms with Crippen LogP contribution in [0.15, 0.2) is 0 Å². The van der Waals surface area contributed by atoms with Gasteiger partial charge in [-0.3, -0.25) is 0 Å². The molecule has 0 aromatic heterocycles. The highest BCUT2D eigenvalue weighted by molar-refractivity contribution is 7.20. The number of rotatable bonds is 19. The molecule has 0 spiro atoms. The van der Waals surface area contributed by atoms with Gasteiger partial charge in [-0.05, 0) is 12.8 Å². The Morgan fingerprint density at radius 3 is 0.587 bits per heavy atom. The molecule has 2 N–H and O–H groups in total. The van der Waals surface area contributed by atoms with E-state index in [1.54, 1.807) is 0 Å². The fraction of sp³-hybridized carbons (Fsp3) is 0.415. The van der Waals surface area contributed by atoms with Gasteiger partial charge in [0.05, 0.1) is 13.6 Å². The second kappa shape index (κ2) is 22.9. The van der Waals surface area contributed by atoms with Crippen LogP contribution in [0, 0.1) is 116 Å². The standard InChI is InChI=1S/C24BF20.C17H37N/c26-5-1(6(27)14(35)21(42)13(5)34)25(2-7(28)15(36)22(43)16(37)8(2)29,3-9(30)17(38)23(44)18(39)10(3)31)4-11(32)19(40)24(45)20(41)12(4)33;1-3-4-5-6-7-8-9-10-11-12-13-14-15-16-17-18-2/h;18H,3-17H2,1-2H3/q-1;/p+1. The summed E-state index contributed by atoms with van der Waals surface area (Å²) in [6.07, 6.45) is 13.2. The van der Waals surface area contributed by atoms with E-state index < -0.39 is 144 Å². The minimum atomic E-state index is -7.22. The number of hydrogen-bond acceptors (Lipinski definition) is 0.